The number of fused-ring (bicyclic) bond motifs is 3. The second kappa shape index (κ2) is 8.49. The van der Waals surface area contributed by atoms with E-state index in [0.29, 0.717) is 12.8 Å². The minimum Gasteiger partial charge on any atom is -0.480 e. The van der Waals surface area contributed by atoms with Crippen LogP contribution in [0.3, 0.4) is 0 Å². The van der Waals surface area contributed by atoms with Gasteiger partial charge in [0, 0.05) is 10.8 Å². The lowest BCUT2D eigenvalue weighted by Crippen LogP contribution is -2.41. The number of carbonyl (C=O) groups is 2. The number of aliphatic carboxylic acids is 1. The lowest BCUT2D eigenvalue weighted by molar-refractivity contribution is -0.139. The fourth-order valence-electron chi connectivity index (χ4n) is 3.78. The van der Waals surface area contributed by atoms with Gasteiger partial charge in [-0.25, -0.2) is 9.59 Å². The number of hydrogen-bond acceptors (Lipinski definition) is 4. The highest BCUT2D eigenvalue weighted by Gasteiger charge is 2.29. The molecular weight excluding hydrogens is 386 g/mol. The summed E-state index contributed by atoms with van der Waals surface area (Å²) in [4.78, 5) is 24.9. The third-order valence-corrected chi connectivity index (χ3v) is 6.13. The van der Waals surface area contributed by atoms with Gasteiger partial charge in [-0.15, -0.1) is 11.3 Å². The molecule has 148 valence electrons. The Labute approximate surface area is 173 Å². The van der Waals surface area contributed by atoms with E-state index in [1.54, 1.807) is 11.3 Å². The molecule has 0 fully saturated rings. The molecule has 1 aromatic heterocycles. The summed E-state index contributed by atoms with van der Waals surface area (Å²) in [6.07, 6.45) is 0.212. The van der Waals surface area contributed by atoms with Gasteiger partial charge in [0.05, 0.1) is 0 Å². The number of amides is 1. The molecule has 0 spiro atoms. The molecule has 0 bridgehead atoms. The van der Waals surface area contributed by atoms with Crippen LogP contribution in [0.5, 0.6) is 0 Å². The molecule has 3 aromatic rings. The van der Waals surface area contributed by atoms with Gasteiger partial charge < -0.3 is 15.2 Å². The van der Waals surface area contributed by atoms with E-state index in [1.807, 2.05) is 53.9 Å². The van der Waals surface area contributed by atoms with E-state index in [1.165, 1.54) is 0 Å². The van der Waals surface area contributed by atoms with Gasteiger partial charge in [-0.05, 0) is 46.5 Å². The average Bonchev–Trinajstić information content (AvgIpc) is 3.35. The summed E-state index contributed by atoms with van der Waals surface area (Å²) >= 11 is 1.57. The Hall–Kier alpha value is -3.12. The summed E-state index contributed by atoms with van der Waals surface area (Å²) in [5, 5.41) is 13.9. The molecule has 2 aromatic carbocycles. The average molecular weight is 407 g/mol. The zero-order chi connectivity index (χ0) is 20.2. The van der Waals surface area contributed by atoms with Crippen molar-refractivity contribution in [3.05, 3.63) is 82.0 Å². The highest BCUT2D eigenvalue weighted by molar-refractivity contribution is 7.09. The molecule has 1 atom stereocenters. The van der Waals surface area contributed by atoms with Crippen molar-refractivity contribution in [2.45, 2.75) is 24.8 Å². The molecule has 1 aliphatic carbocycles. The maximum absolute atomic E-state index is 12.3. The predicted molar refractivity (Wildman–Crippen MR) is 112 cm³/mol. The van der Waals surface area contributed by atoms with E-state index in [4.69, 9.17) is 4.74 Å². The monoisotopic (exact) mass is 407 g/mol. The van der Waals surface area contributed by atoms with Crippen molar-refractivity contribution in [2.75, 3.05) is 6.61 Å². The van der Waals surface area contributed by atoms with Crippen LogP contribution in [-0.2, 0) is 16.0 Å². The largest absolute Gasteiger partial charge is 0.480 e. The van der Waals surface area contributed by atoms with Gasteiger partial charge in [-0.2, -0.15) is 0 Å². The summed E-state index contributed by atoms with van der Waals surface area (Å²) < 4.78 is 5.45. The number of nitrogens with one attached hydrogen (secondary N) is 1. The van der Waals surface area contributed by atoms with Crippen LogP contribution in [0.15, 0.2) is 66.0 Å². The molecule has 2 N–H and O–H groups in total. The van der Waals surface area contributed by atoms with Gasteiger partial charge in [-0.3, -0.25) is 0 Å². The second-order valence-electron chi connectivity index (χ2n) is 6.98. The number of carbonyl (C=O) groups excluding carboxylic acids is 1. The first-order valence-electron chi connectivity index (χ1n) is 9.50. The summed E-state index contributed by atoms with van der Waals surface area (Å²) in [6.45, 7) is 0.164. The van der Waals surface area contributed by atoms with Gasteiger partial charge in [0.15, 0.2) is 0 Å². The quantitative estimate of drug-likeness (QED) is 0.597. The third-order valence-electron chi connectivity index (χ3n) is 5.19. The smallest absolute Gasteiger partial charge is 0.407 e. The number of benzene rings is 2. The SMILES string of the molecule is O=C(N[C@@H](CCc1cccs1)C(=O)O)OCC1c2ccccc2-c2ccccc21. The maximum Gasteiger partial charge on any atom is 0.407 e. The Morgan fingerprint density at radius 3 is 2.24 bits per heavy atom. The van der Waals surface area contributed by atoms with E-state index < -0.39 is 18.1 Å². The van der Waals surface area contributed by atoms with Crippen LogP contribution in [0.2, 0.25) is 0 Å². The zero-order valence-electron chi connectivity index (χ0n) is 15.7. The molecular formula is C23H21NO4S. The summed E-state index contributed by atoms with van der Waals surface area (Å²) in [5.74, 6) is -1.11. The van der Waals surface area contributed by atoms with E-state index in [0.717, 1.165) is 27.1 Å². The number of thiophene rings is 1. The van der Waals surface area contributed by atoms with Crippen LogP contribution in [0, 0.1) is 0 Å². The van der Waals surface area contributed by atoms with Crippen molar-refractivity contribution < 1.29 is 19.4 Å². The lowest BCUT2D eigenvalue weighted by Gasteiger charge is -2.17. The number of carboxylic acid groups (broad SMARTS) is 1. The highest BCUT2D eigenvalue weighted by Crippen LogP contribution is 2.44. The Kier molecular flexibility index (Phi) is 5.62. The van der Waals surface area contributed by atoms with E-state index in [-0.39, 0.29) is 12.5 Å². The van der Waals surface area contributed by atoms with Gasteiger partial charge >= 0.3 is 12.1 Å². The number of ether oxygens (including phenoxy) is 1. The van der Waals surface area contributed by atoms with Crippen LogP contribution in [-0.4, -0.2) is 29.8 Å². The van der Waals surface area contributed by atoms with Gasteiger partial charge in [-0.1, -0.05) is 54.6 Å². The molecule has 29 heavy (non-hydrogen) atoms. The van der Waals surface area contributed by atoms with Crippen LogP contribution in [0.1, 0.15) is 28.3 Å². The molecule has 0 unspecified atom stereocenters. The van der Waals surface area contributed by atoms with Crippen molar-refractivity contribution >= 4 is 23.4 Å². The van der Waals surface area contributed by atoms with Crippen LogP contribution in [0.25, 0.3) is 11.1 Å². The number of alkyl carbamates (subject to hydrolysis) is 1. The van der Waals surface area contributed by atoms with Crippen molar-refractivity contribution in [3.8, 4) is 11.1 Å². The van der Waals surface area contributed by atoms with Crippen molar-refractivity contribution in [2.24, 2.45) is 0 Å². The summed E-state index contributed by atoms with van der Waals surface area (Å²) in [6, 6.07) is 19.1. The minimum absolute atomic E-state index is 0.0532. The fourth-order valence-corrected chi connectivity index (χ4v) is 4.51. The molecule has 0 saturated carbocycles. The number of hydrogen-bond donors (Lipinski definition) is 2. The predicted octanol–water partition coefficient (Wildman–Crippen LogP) is 4.67. The summed E-state index contributed by atoms with van der Waals surface area (Å²) in [5.41, 5.74) is 4.54. The highest BCUT2D eigenvalue weighted by atomic mass is 32.1. The molecule has 1 aliphatic rings. The van der Waals surface area contributed by atoms with E-state index in [2.05, 4.69) is 17.4 Å². The van der Waals surface area contributed by atoms with Gasteiger partial charge in [0.1, 0.15) is 12.6 Å². The molecule has 5 nitrogen and oxygen atoms in total. The maximum atomic E-state index is 12.3. The van der Waals surface area contributed by atoms with Crippen LogP contribution in [0.4, 0.5) is 4.79 Å². The van der Waals surface area contributed by atoms with Crippen molar-refractivity contribution in [1.82, 2.24) is 5.32 Å². The standard InChI is InChI=1S/C23H21NO4S/c25-22(26)21(12-11-15-6-5-13-29-15)24-23(27)28-14-20-18-9-3-1-7-16(18)17-8-2-4-10-19(17)20/h1-10,13,20-21H,11-12,14H2,(H,24,27)(H,25,26)/t21-/m0/s1. The topological polar surface area (TPSA) is 75.6 Å². The summed E-state index contributed by atoms with van der Waals surface area (Å²) in [7, 11) is 0. The van der Waals surface area contributed by atoms with Crippen LogP contribution < -0.4 is 5.32 Å². The number of aryl methyl sites for hydroxylation is 1. The Bertz CT molecular complexity index is 970. The first kappa shape index (κ1) is 19.2. The molecule has 4 rings (SSSR count). The lowest BCUT2D eigenvalue weighted by atomic mass is 9.98. The molecule has 6 heteroatoms. The third kappa shape index (κ3) is 4.17. The van der Waals surface area contributed by atoms with Crippen molar-refractivity contribution in [1.29, 1.82) is 0 Å². The zero-order valence-corrected chi connectivity index (χ0v) is 16.5. The fraction of sp³-hybridized carbons (Fsp3) is 0.217. The first-order valence-corrected chi connectivity index (χ1v) is 10.4. The minimum atomic E-state index is -1.06. The molecule has 0 saturated heterocycles. The number of carboxylic acids is 1. The second-order valence-corrected chi connectivity index (χ2v) is 8.01. The van der Waals surface area contributed by atoms with E-state index in [9.17, 15) is 14.7 Å². The Morgan fingerprint density at radius 2 is 1.66 bits per heavy atom. The molecule has 0 aliphatic heterocycles. The number of rotatable bonds is 7. The first-order chi connectivity index (χ1) is 14.1. The van der Waals surface area contributed by atoms with Gasteiger partial charge in [0.25, 0.3) is 0 Å². The van der Waals surface area contributed by atoms with Gasteiger partial charge in [0.2, 0.25) is 0 Å². The molecule has 1 amide bonds. The van der Waals surface area contributed by atoms with E-state index >= 15 is 0 Å². The molecule has 1 heterocycles. The molecule has 0 radical (unpaired) electrons. The Morgan fingerprint density at radius 1 is 1.00 bits per heavy atom. The van der Waals surface area contributed by atoms with Crippen molar-refractivity contribution in [3.63, 3.8) is 0 Å². The van der Waals surface area contributed by atoms with Crippen LogP contribution >= 0.6 is 11.3 Å². The Balaban J connectivity index is 1.39. The normalized spacial score (nSPS) is 13.4.